The van der Waals surface area contributed by atoms with Crippen molar-refractivity contribution in [1.82, 2.24) is 9.97 Å². The minimum Gasteiger partial charge on any atom is -0.301 e. The van der Waals surface area contributed by atoms with E-state index in [1.54, 1.807) is 12.3 Å². The monoisotopic (exact) mass is 193 g/mol. The van der Waals surface area contributed by atoms with E-state index >= 15 is 0 Å². The zero-order valence-electron chi connectivity index (χ0n) is 6.97. The molecule has 66 valence electrons. The fourth-order valence-corrected chi connectivity index (χ4v) is 1.15. The number of carbonyl (C=O) groups excluding carboxylic acids is 1. The van der Waals surface area contributed by atoms with Crippen LogP contribution in [0.4, 0.5) is 0 Å². The number of hydrogen-bond acceptors (Lipinski definition) is 5. The number of carbonyl (C=O) groups is 1. The standard InChI is InChI=1S/C8H7N3OS/c1-13-8-10-3-2-7(11-8)6(4-9)5-12/h2-3,5-6H,1H3/t6-/m0/s1. The summed E-state index contributed by atoms with van der Waals surface area (Å²) in [5, 5.41) is 9.16. The molecule has 0 unspecified atom stereocenters. The van der Waals surface area contributed by atoms with Gasteiger partial charge in [-0.1, -0.05) is 11.8 Å². The summed E-state index contributed by atoms with van der Waals surface area (Å²) in [5.41, 5.74) is 0.455. The molecule has 0 saturated heterocycles. The Morgan fingerprint density at radius 1 is 1.77 bits per heavy atom. The maximum Gasteiger partial charge on any atom is 0.187 e. The van der Waals surface area contributed by atoms with Gasteiger partial charge in [-0.2, -0.15) is 5.26 Å². The molecule has 0 aliphatic carbocycles. The Kier molecular flexibility index (Phi) is 3.41. The lowest BCUT2D eigenvalue weighted by Crippen LogP contribution is -2.01. The quantitative estimate of drug-likeness (QED) is 0.407. The van der Waals surface area contributed by atoms with Crippen LogP contribution in [0, 0.1) is 11.3 Å². The van der Waals surface area contributed by atoms with Crippen molar-refractivity contribution in [1.29, 1.82) is 5.26 Å². The van der Waals surface area contributed by atoms with E-state index in [1.807, 2.05) is 12.3 Å². The van der Waals surface area contributed by atoms with E-state index in [1.165, 1.54) is 11.8 Å². The largest absolute Gasteiger partial charge is 0.301 e. The molecule has 13 heavy (non-hydrogen) atoms. The molecule has 4 nitrogen and oxygen atoms in total. The van der Waals surface area contributed by atoms with Gasteiger partial charge >= 0.3 is 0 Å². The van der Waals surface area contributed by atoms with Crippen molar-refractivity contribution in [3.63, 3.8) is 0 Å². The Hall–Kier alpha value is -1.41. The van der Waals surface area contributed by atoms with Crippen LogP contribution < -0.4 is 0 Å². The molecule has 0 aliphatic rings. The molecule has 0 fully saturated rings. The van der Waals surface area contributed by atoms with E-state index in [4.69, 9.17) is 5.26 Å². The van der Waals surface area contributed by atoms with Gasteiger partial charge in [0.25, 0.3) is 0 Å². The molecule has 0 spiro atoms. The molecule has 0 amide bonds. The van der Waals surface area contributed by atoms with Gasteiger partial charge in [-0.3, -0.25) is 0 Å². The van der Waals surface area contributed by atoms with E-state index in [9.17, 15) is 4.79 Å². The van der Waals surface area contributed by atoms with Crippen molar-refractivity contribution >= 4 is 18.0 Å². The van der Waals surface area contributed by atoms with Crippen LogP contribution in [0.25, 0.3) is 0 Å². The predicted octanol–water partition coefficient (Wildman–Crippen LogP) is 1.00. The minimum atomic E-state index is -0.783. The number of hydrogen-bond donors (Lipinski definition) is 0. The van der Waals surface area contributed by atoms with Gasteiger partial charge in [0, 0.05) is 6.20 Å². The van der Waals surface area contributed by atoms with Gasteiger partial charge in [0.15, 0.2) is 5.16 Å². The second-order valence-corrected chi connectivity index (χ2v) is 2.98. The first kappa shape index (κ1) is 9.68. The Morgan fingerprint density at radius 3 is 3.08 bits per heavy atom. The predicted molar refractivity (Wildman–Crippen MR) is 48.2 cm³/mol. The lowest BCUT2D eigenvalue weighted by Gasteiger charge is -2.00. The molecule has 1 atom stereocenters. The van der Waals surface area contributed by atoms with Crippen molar-refractivity contribution in [3.05, 3.63) is 18.0 Å². The average molecular weight is 193 g/mol. The van der Waals surface area contributed by atoms with Crippen molar-refractivity contribution < 1.29 is 4.79 Å². The first-order valence-electron chi connectivity index (χ1n) is 3.53. The highest BCUT2D eigenvalue weighted by molar-refractivity contribution is 7.98. The normalized spacial score (nSPS) is 11.7. The van der Waals surface area contributed by atoms with Crippen LogP contribution in [-0.2, 0) is 4.79 Å². The number of aromatic nitrogens is 2. The molecular formula is C8H7N3OS. The van der Waals surface area contributed by atoms with E-state index in [0.717, 1.165) is 0 Å². The number of nitrogens with zero attached hydrogens (tertiary/aromatic N) is 3. The summed E-state index contributed by atoms with van der Waals surface area (Å²) in [6.07, 6.45) is 3.95. The smallest absolute Gasteiger partial charge is 0.187 e. The van der Waals surface area contributed by atoms with Crippen LogP contribution >= 0.6 is 11.8 Å². The molecule has 1 aromatic heterocycles. The van der Waals surface area contributed by atoms with Gasteiger partial charge in [0.2, 0.25) is 0 Å². The minimum absolute atomic E-state index is 0.455. The van der Waals surface area contributed by atoms with Gasteiger partial charge < -0.3 is 4.79 Å². The number of aldehydes is 1. The van der Waals surface area contributed by atoms with Crippen molar-refractivity contribution in [2.24, 2.45) is 0 Å². The van der Waals surface area contributed by atoms with E-state index < -0.39 is 5.92 Å². The molecule has 0 aliphatic heterocycles. The molecule has 1 heterocycles. The van der Waals surface area contributed by atoms with Gasteiger partial charge in [-0.05, 0) is 12.3 Å². The zero-order chi connectivity index (χ0) is 9.68. The topological polar surface area (TPSA) is 66.6 Å². The number of thioether (sulfide) groups is 1. The fraction of sp³-hybridized carbons (Fsp3) is 0.250. The van der Waals surface area contributed by atoms with Gasteiger partial charge in [-0.25, -0.2) is 9.97 Å². The third kappa shape index (κ3) is 2.26. The van der Waals surface area contributed by atoms with Crippen LogP contribution in [0.1, 0.15) is 11.6 Å². The van der Waals surface area contributed by atoms with E-state index in [-0.39, 0.29) is 0 Å². The van der Waals surface area contributed by atoms with E-state index in [0.29, 0.717) is 17.1 Å². The molecule has 1 aromatic rings. The average Bonchev–Trinajstić information content (AvgIpc) is 2.20. The summed E-state index contributed by atoms with van der Waals surface area (Å²) in [6, 6.07) is 3.42. The summed E-state index contributed by atoms with van der Waals surface area (Å²) in [7, 11) is 0. The zero-order valence-corrected chi connectivity index (χ0v) is 7.78. The Bertz CT molecular complexity index is 347. The molecule has 0 aromatic carbocycles. The SMILES string of the molecule is CSc1nccc([C@@H](C#N)C=O)n1. The molecule has 1 rings (SSSR count). The first-order valence-corrected chi connectivity index (χ1v) is 4.76. The van der Waals surface area contributed by atoms with Crippen molar-refractivity contribution in [2.75, 3.05) is 6.26 Å². The third-order valence-corrected chi connectivity index (χ3v) is 1.99. The highest BCUT2D eigenvalue weighted by atomic mass is 32.2. The van der Waals surface area contributed by atoms with Crippen molar-refractivity contribution in [3.8, 4) is 6.07 Å². The molecule has 0 N–H and O–H groups in total. The molecule has 0 radical (unpaired) electrons. The lowest BCUT2D eigenvalue weighted by atomic mass is 10.1. The lowest BCUT2D eigenvalue weighted by molar-refractivity contribution is -0.108. The van der Waals surface area contributed by atoms with E-state index in [2.05, 4.69) is 9.97 Å². The molecular weight excluding hydrogens is 186 g/mol. The van der Waals surface area contributed by atoms with Crippen LogP contribution in [0.3, 0.4) is 0 Å². The summed E-state index contributed by atoms with van der Waals surface area (Å²) in [6.45, 7) is 0. The van der Waals surface area contributed by atoms with Crippen LogP contribution in [0.5, 0.6) is 0 Å². The number of nitriles is 1. The highest BCUT2D eigenvalue weighted by Crippen LogP contribution is 2.13. The Morgan fingerprint density at radius 2 is 2.54 bits per heavy atom. The summed E-state index contributed by atoms with van der Waals surface area (Å²) >= 11 is 1.37. The van der Waals surface area contributed by atoms with Crippen LogP contribution in [0.15, 0.2) is 17.4 Å². The van der Waals surface area contributed by atoms with Crippen LogP contribution in [0.2, 0.25) is 0 Å². The molecule has 5 heteroatoms. The second kappa shape index (κ2) is 4.58. The maximum absolute atomic E-state index is 10.4. The Labute approximate surface area is 80.0 Å². The summed E-state index contributed by atoms with van der Waals surface area (Å²) in [5.74, 6) is -0.783. The van der Waals surface area contributed by atoms with Gasteiger partial charge in [-0.15, -0.1) is 0 Å². The van der Waals surface area contributed by atoms with Gasteiger partial charge in [0.05, 0.1) is 11.8 Å². The number of rotatable bonds is 3. The fourth-order valence-electron chi connectivity index (χ4n) is 0.792. The second-order valence-electron chi connectivity index (χ2n) is 2.21. The molecule has 0 saturated carbocycles. The Balaban J connectivity index is 3.01. The first-order chi connectivity index (χ1) is 6.31. The van der Waals surface area contributed by atoms with Crippen LogP contribution in [-0.4, -0.2) is 22.5 Å². The molecule has 0 bridgehead atoms. The summed E-state index contributed by atoms with van der Waals surface area (Å²) < 4.78 is 0. The maximum atomic E-state index is 10.4. The van der Waals surface area contributed by atoms with Crippen molar-refractivity contribution in [2.45, 2.75) is 11.1 Å². The third-order valence-electron chi connectivity index (χ3n) is 1.43. The summed E-state index contributed by atoms with van der Waals surface area (Å²) in [4.78, 5) is 18.4. The van der Waals surface area contributed by atoms with Gasteiger partial charge in [0.1, 0.15) is 12.2 Å². The highest BCUT2D eigenvalue weighted by Gasteiger charge is 2.10.